The number of aryl methyl sites for hydroxylation is 1. The average molecular weight is 326 g/mol. The van der Waals surface area contributed by atoms with Crippen LogP contribution in [0.25, 0.3) is 0 Å². The first-order valence-electron chi connectivity index (χ1n) is 7.19. The normalized spacial score (nSPS) is 11.2. The van der Waals surface area contributed by atoms with Crippen molar-refractivity contribution < 1.29 is 18.7 Å². The van der Waals surface area contributed by atoms with Gasteiger partial charge in [-0.1, -0.05) is 6.07 Å². The van der Waals surface area contributed by atoms with E-state index in [1.165, 1.54) is 19.1 Å². The number of benzene rings is 2. The summed E-state index contributed by atoms with van der Waals surface area (Å²) in [7, 11) is 0. The van der Waals surface area contributed by atoms with Crippen LogP contribution < -0.4 is 5.32 Å². The van der Waals surface area contributed by atoms with Crippen LogP contribution in [0.3, 0.4) is 0 Å². The van der Waals surface area contributed by atoms with Gasteiger partial charge in [-0.2, -0.15) is 5.26 Å². The molecule has 1 atom stereocenters. The van der Waals surface area contributed by atoms with Crippen LogP contribution in [0.4, 0.5) is 10.1 Å². The molecule has 0 aliphatic heterocycles. The molecule has 2 rings (SSSR count). The van der Waals surface area contributed by atoms with Gasteiger partial charge in [0.2, 0.25) is 0 Å². The zero-order valence-corrected chi connectivity index (χ0v) is 13.2. The summed E-state index contributed by atoms with van der Waals surface area (Å²) >= 11 is 0. The largest absolute Gasteiger partial charge is 0.449 e. The summed E-state index contributed by atoms with van der Waals surface area (Å²) in [6.45, 7) is 3.00. The number of rotatable bonds is 4. The topological polar surface area (TPSA) is 79.2 Å². The molecule has 1 amide bonds. The smallest absolute Gasteiger partial charge is 0.339 e. The maximum Gasteiger partial charge on any atom is 0.339 e. The van der Waals surface area contributed by atoms with E-state index >= 15 is 0 Å². The van der Waals surface area contributed by atoms with Crippen molar-refractivity contribution in [1.29, 1.82) is 5.26 Å². The number of carbonyl (C=O) groups is 2. The van der Waals surface area contributed by atoms with Crippen LogP contribution in [0, 0.1) is 24.1 Å². The molecule has 0 spiro atoms. The number of amides is 1. The Hall–Kier alpha value is -3.20. The summed E-state index contributed by atoms with van der Waals surface area (Å²) in [5, 5.41) is 11.3. The summed E-state index contributed by atoms with van der Waals surface area (Å²) < 4.78 is 18.5. The van der Waals surface area contributed by atoms with E-state index in [1.807, 2.05) is 6.07 Å². The van der Waals surface area contributed by atoms with Gasteiger partial charge in [-0.15, -0.1) is 0 Å². The molecule has 0 radical (unpaired) electrons. The summed E-state index contributed by atoms with van der Waals surface area (Å²) in [6.07, 6.45) is -1.06. The van der Waals surface area contributed by atoms with Crippen molar-refractivity contribution >= 4 is 17.6 Å². The number of carbonyl (C=O) groups excluding carboxylic acids is 2. The third-order valence-electron chi connectivity index (χ3n) is 3.34. The van der Waals surface area contributed by atoms with Crippen molar-refractivity contribution in [3.63, 3.8) is 0 Å². The molecule has 5 nitrogen and oxygen atoms in total. The van der Waals surface area contributed by atoms with Crippen LogP contribution in [-0.2, 0) is 9.53 Å². The fraction of sp³-hybridized carbons (Fsp3) is 0.167. The molecular weight excluding hydrogens is 311 g/mol. The Balaban J connectivity index is 1.98. The first-order valence-corrected chi connectivity index (χ1v) is 7.19. The van der Waals surface area contributed by atoms with Crippen molar-refractivity contribution in [3.8, 4) is 6.07 Å². The molecule has 0 heterocycles. The number of hydrogen-bond donors (Lipinski definition) is 1. The lowest BCUT2D eigenvalue weighted by Gasteiger charge is -2.13. The Morgan fingerprint density at radius 2 is 1.88 bits per heavy atom. The van der Waals surface area contributed by atoms with E-state index in [2.05, 4.69) is 5.32 Å². The zero-order valence-electron chi connectivity index (χ0n) is 13.2. The average Bonchev–Trinajstić information content (AvgIpc) is 2.57. The van der Waals surface area contributed by atoms with E-state index in [0.717, 1.165) is 6.07 Å². The quantitative estimate of drug-likeness (QED) is 0.875. The van der Waals surface area contributed by atoms with E-state index in [-0.39, 0.29) is 5.56 Å². The number of anilines is 1. The lowest BCUT2D eigenvalue weighted by Crippen LogP contribution is -2.30. The number of nitrogens with one attached hydrogen (secondary N) is 1. The van der Waals surface area contributed by atoms with Crippen molar-refractivity contribution in [2.75, 3.05) is 5.32 Å². The van der Waals surface area contributed by atoms with Gasteiger partial charge in [-0.05, 0) is 55.8 Å². The van der Waals surface area contributed by atoms with Crippen LogP contribution >= 0.6 is 0 Å². The minimum absolute atomic E-state index is 0.0381. The molecule has 0 fully saturated rings. The van der Waals surface area contributed by atoms with E-state index in [1.54, 1.807) is 31.2 Å². The lowest BCUT2D eigenvalue weighted by molar-refractivity contribution is -0.123. The first-order chi connectivity index (χ1) is 11.4. The highest BCUT2D eigenvalue weighted by atomic mass is 19.1. The predicted octanol–water partition coefficient (Wildman–Crippen LogP) is 3.19. The van der Waals surface area contributed by atoms with Gasteiger partial charge in [0.1, 0.15) is 5.82 Å². The monoisotopic (exact) mass is 326 g/mol. The number of nitriles is 1. The Bertz CT molecular complexity index is 810. The van der Waals surface area contributed by atoms with Gasteiger partial charge in [0, 0.05) is 5.69 Å². The van der Waals surface area contributed by atoms with Crippen LogP contribution in [0.2, 0.25) is 0 Å². The second kappa shape index (κ2) is 7.38. The maximum absolute atomic E-state index is 13.5. The Labute approximate surface area is 138 Å². The van der Waals surface area contributed by atoms with Gasteiger partial charge < -0.3 is 10.1 Å². The molecule has 0 bridgehead atoms. The van der Waals surface area contributed by atoms with E-state index in [0.29, 0.717) is 16.8 Å². The van der Waals surface area contributed by atoms with E-state index in [4.69, 9.17) is 10.00 Å². The Kier molecular flexibility index (Phi) is 5.27. The summed E-state index contributed by atoms with van der Waals surface area (Å²) in [6, 6.07) is 12.2. The minimum Gasteiger partial charge on any atom is -0.449 e. The van der Waals surface area contributed by atoms with Crippen molar-refractivity contribution in [1.82, 2.24) is 0 Å². The van der Waals surface area contributed by atoms with Crippen LogP contribution in [0.1, 0.15) is 28.4 Å². The third kappa shape index (κ3) is 4.17. The van der Waals surface area contributed by atoms with Gasteiger partial charge >= 0.3 is 5.97 Å². The third-order valence-corrected chi connectivity index (χ3v) is 3.34. The highest BCUT2D eigenvalue weighted by Crippen LogP contribution is 2.13. The molecule has 0 aliphatic carbocycles. The molecule has 0 aromatic heterocycles. The molecule has 0 aliphatic rings. The highest BCUT2D eigenvalue weighted by Gasteiger charge is 2.19. The fourth-order valence-electron chi connectivity index (χ4n) is 1.87. The van der Waals surface area contributed by atoms with Gasteiger partial charge in [-0.3, -0.25) is 4.79 Å². The van der Waals surface area contributed by atoms with Crippen molar-refractivity contribution in [2.45, 2.75) is 20.0 Å². The summed E-state index contributed by atoms with van der Waals surface area (Å²) in [5.74, 6) is -1.82. The van der Waals surface area contributed by atoms with Crippen LogP contribution in [0.15, 0.2) is 42.5 Å². The SMILES string of the molecule is Cc1ccc(C(=O)O[C@@H](C)C(=O)Nc2ccc(C#N)cc2)cc1F. The molecule has 24 heavy (non-hydrogen) atoms. The second-order valence-corrected chi connectivity index (χ2v) is 5.19. The van der Waals surface area contributed by atoms with E-state index < -0.39 is 23.8 Å². The molecule has 0 unspecified atom stereocenters. The number of hydrogen-bond acceptors (Lipinski definition) is 4. The second-order valence-electron chi connectivity index (χ2n) is 5.19. The van der Waals surface area contributed by atoms with Crippen molar-refractivity contribution in [3.05, 3.63) is 65.0 Å². The Morgan fingerprint density at radius 3 is 2.46 bits per heavy atom. The maximum atomic E-state index is 13.5. The molecule has 2 aromatic rings. The zero-order chi connectivity index (χ0) is 17.7. The summed E-state index contributed by atoms with van der Waals surface area (Å²) in [5.41, 5.74) is 1.39. The minimum atomic E-state index is -1.06. The van der Waals surface area contributed by atoms with Crippen molar-refractivity contribution in [2.24, 2.45) is 0 Å². The highest BCUT2D eigenvalue weighted by molar-refractivity contribution is 5.97. The van der Waals surface area contributed by atoms with Gasteiger partial charge in [-0.25, -0.2) is 9.18 Å². The number of halogens is 1. The molecule has 2 aromatic carbocycles. The molecule has 122 valence electrons. The molecular formula is C18H15FN2O3. The lowest BCUT2D eigenvalue weighted by atomic mass is 10.1. The number of ether oxygens (including phenoxy) is 1. The molecule has 1 N–H and O–H groups in total. The molecule has 6 heteroatoms. The predicted molar refractivity (Wildman–Crippen MR) is 85.8 cm³/mol. The first kappa shape index (κ1) is 17.2. The fourth-order valence-corrected chi connectivity index (χ4v) is 1.87. The van der Waals surface area contributed by atoms with Crippen LogP contribution in [0.5, 0.6) is 0 Å². The molecule has 0 saturated carbocycles. The van der Waals surface area contributed by atoms with Crippen LogP contribution in [-0.4, -0.2) is 18.0 Å². The van der Waals surface area contributed by atoms with Gasteiger partial charge in [0.05, 0.1) is 17.2 Å². The van der Waals surface area contributed by atoms with Gasteiger partial charge in [0.25, 0.3) is 5.91 Å². The van der Waals surface area contributed by atoms with E-state index in [9.17, 15) is 14.0 Å². The summed E-state index contributed by atoms with van der Waals surface area (Å²) in [4.78, 5) is 24.0. The standard InChI is InChI=1S/C18H15FN2O3/c1-11-3-6-14(9-16(11)19)18(23)24-12(2)17(22)21-15-7-4-13(10-20)5-8-15/h3-9,12H,1-2H3,(H,21,22)/t12-/m0/s1. The number of esters is 1. The molecule has 0 saturated heterocycles. The number of nitrogens with zero attached hydrogens (tertiary/aromatic N) is 1. The Morgan fingerprint density at radius 1 is 1.21 bits per heavy atom. The van der Waals surface area contributed by atoms with Gasteiger partial charge in [0.15, 0.2) is 6.10 Å².